The SMILES string of the molecule is C=CC(=O)NO[PH](=O)O. The third-order valence-electron chi connectivity index (χ3n) is 0.424. The summed E-state index contributed by atoms with van der Waals surface area (Å²) in [6.07, 6.45) is 0.921. The summed E-state index contributed by atoms with van der Waals surface area (Å²) in [4.78, 5) is 18.1. The molecule has 0 aromatic heterocycles. The van der Waals surface area contributed by atoms with Crippen LogP contribution in [0.2, 0.25) is 0 Å². The quantitative estimate of drug-likeness (QED) is 0.327. The van der Waals surface area contributed by atoms with Crippen molar-refractivity contribution in [2.45, 2.75) is 0 Å². The van der Waals surface area contributed by atoms with Gasteiger partial charge in [0.05, 0.1) is 0 Å². The largest absolute Gasteiger partial charge is 0.337 e. The Kier molecular flexibility index (Phi) is 3.96. The van der Waals surface area contributed by atoms with E-state index < -0.39 is 14.2 Å². The Bertz CT molecular complexity index is 145. The van der Waals surface area contributed by atoms with Crippen LogP contribution >= 0.6 is 8.25 Å². The van der Waals surface area contributed by atoms with Crippen molar-refractivity contribution < 1.29 is 18.9 Å². The third kappa shape index (κ3) is 5.23. The van der Waals surface area contributed by atoms with Gasteiger partial charge in [-0.1, -0.05) is 6.58 Å². The Balaban J connectivity index is 3.39. The molecule has 0 spiro atoms. The van der Waals surface area contributed by atoms with Crippen molar-refractivity contribution in [3.8, 4) is 0 Å². The lowest BCUT2D eigenvalue weighted by Gasteiger charge is -1.95. The van der Waals surface area contributed by atoms with Crippen molar-refractivity contribution in [1.29, 1.82) is 0 Å². The van der Waals surface area contributed by atoms with Crippen molar-refractivity contribution >= 4 is 14.2 Å². The first-order valence-electron chi connectivity index (χ1n) is 1.99. The van der Waals surface area contributed by atoms with E-state index in [9.17, 15) is 9.36 Å². The second-order valence-electron chi connectivity index (χ2n) is 1.04. The van der Waals surface area contributed by atoms with Gasteiger partial charge >= 0.3 is 8.25 Å². The molecular weight excluding hydrogens is 145 g/mol. The number of hydrogen-bond donors (Lipinski definition) is 2. The first-order chi connectivity index (χ1) is 4.16. The zero-order valence-corrected chi connectivity index (χ0v) is 5.46. The number of rotatable bonds is 3. The number of hydrogen-bond acceptors (Lipinski definition) is 3. The van der Waals surface area contributed by atoms with E-state index in [0.29, 0.717) is 0 Å². The summed E-state index contributed by atoms with van der Waals surface area (Å²) in [5, 5.41) is 0. The lowest BCUT2D eigenvalue weighted by atomic mass is 10.6. The predicted octanol–water partition coefficient (Wildman–Crippen LogP) is -0.398. The van der Waals surface area contributed by atoms with Crippen LogP contribution in [-0.4, -0.2) is 10.8 Å². The van der Waals surface area contributed by atoms with Crippen molar-refractivity contribution in [2.24, 2.45) is 0 Å². The van der Waals surface area contributed by atoms with Crippen LogP contribution in [0, 0.1) is 0 Å². The minimum absolute atomic E-state index is 0.651. The summed E-state index contributed by atoms with van der Waals surface area (Å²) in [5.74, 6) is -0.651. The van der Waals surface area contributed by atoms with Crippen LogP contribution in [0.25, 0.3) is 0 Å². The molecule has 0 saturated heterocycles. The molecule has 0 rings (SSSR count). The number of carbonyl (C=O) groups excluding carboxylic acids is 1. The van der Waals surface area contributed by atoms with E-state index in [4.69, 9.17) is 4.89 Å². The van der Waals surface area contributed by atoms with Gasteiger partial charge in [-0.25, -0.2) is 5.48 Å². The predicted molar refractivity (Wildman–Crippen MR) is 30.6 cm³/mol. The summed E-state index contributed by atoms with van der Waals surface area (Å²) < 4.78 is 13.6. The minimum atomic E-state index is -3.07. The van der Waals surface area contributed by atoms with Crippen molar-refractivity contribution in [3.05, 3.63) is 12.7 Å². The summed E-state index contributed by atoms with van der Waals surface area (Å²) in [7, 11) is -3.07. The summed E-state index contributed by atoms with van der Waals surface area (Å²) >= 11 is 0. The highest BCUT2D eigenvalue weighted by Crippen LogP contribution is 2.10. The van der Waals surface area contributed by atoms with Crippen LogP contribution < -0.4 is 5.48 Å². The molecule has 0 heterocycles. The van der Waals surface area contributed by atoms with Crippen LogP contribution in [0.15, 0.2) is 12.7 Å². The molecule has 1 unspecified atom stereocenters. The molecule has 0 radical (unpaired) electrons. The van der Waals surface area contributed by atoms with Gasteiger partial charge in [-0.15, -0.1) is 0 Å². The fourth-order valence-corrected chi connectivity index (χ4v) is 0.324. The molecule has 1 atom stereocenters. The van der Waals surface area contributed by atoms with Crippen molar-refractivity contribution in [3.63, 3.8) is 0 Å². The Morgan fingerprint density at radius 2 is 2.44 bits per heavy atom. The first-order valence-corrected chi connectivity index (χ1v) is 3.25. The van der Waals surface area contributed by atoms with Crippen LogP contribution in [0.5, 0.6) is 0 Å². The maximum atomic E-state index is 10.1. The molecule has 0 aliphatic rings. The molecule has 6 heteroatoms. The molecule has 0 aromatic rings. The molecule has 0 bridgehead atoms. The van der Waals surface area contributed by atoms with E-state index in [0.717, 1.165) is 6.08 Å². The molecule has 0 aliphatic carbocycles. The van der Waals surface area contributed by atoms with Crippen LogP contribution in [-0.2, 0) is 14.0 Å². The maximum Gasteiger partial charge on any atom is 0.337 e. The zero-order valence-electron chi connectivity index (χ0n) is 4.46. The van der Waals surface area contributed by atoms with Crippen molar-refractivity contribution in [1.82, 2.24) is 5.48 Å². The molecule has 0 aliphatic heterocycles. The minimum Gasteiger partial charge on any atom is -0.325 e. The lowest BCUT2D eigenvalue weighted by Crippen LogP contribution is -2.17. The standard InChI is InChI=1S/C3H6NO4P/c1-2-3(5)4-8-9(6)7/h2,9H,1H2,(H,4,5)(H,6,7). The molecular formula is C3H6NO4P. The van der Waals surface area contributed by atoms with E-state index in [2.05, 4.69) is 11.2 Å². The van der Waals surface area contributed by atoms with Gasteiger partial charge in [0.25, 0.3) is 5.91 Å². The monoisotopic (exact) mass is 151 g/mol. The van der Waals surface area contributed by atoms with Gasteiger partial charge < -0.3 is 4.89 Å². The molecule has 5 nitrogen and oxygen atoms in total. The van der Waals surface area contributed by atoms with Crippen LogP contribution in [0.4, 0.5) is 0 Å². The highest BCUT2D eigenvalue weighted by Gasteiger charge is 1.93. The second-order valence-corrected chi connectivity index (χ2v) is 1.77. The van der Waals surface area contributed by atoms with E-state index in [1.54, 1.807) is 5.48 Å². The van der Waals surface area contributed by atoms with Crippen LogP contribution in [0.1, 0.15) is 0 Å². The number of hydroxylamine groups is 1. The number of carbonyl (C=O) groups is 1. The average molecular weight is 151 g/mol. The molecule has 2 N–H and O–H groups in total. The van der Waals surface area contributed by atoms with Gasteiger partial charge in [-0.2, -0.15) is 4.62 Å². The fraction of sp³-hybridized carbons (Fsp3) is 0. The Hall–Kier alpha value is -0.640. The first kappa shape index (κ1) is 8.36. The maximum absolute atomic E-state index is 10.1. The highest BCUT2D eigenvalue weighted by molar-refractivity contribution is 7.32. The Morgan fingerprint density at radius 1 is 1.89 bits per heavy atom. The summed E-state index contributed by atoms with van der Waals surface area (Å²) in [5.41, 5.74) is 1.66. The second kappa shape index (κ2) is 4.26. The molecule has 0 saturated carbocycles. The Labute approximate surface area is 52.2 Å². The molecule has 0 fully saturated rings. The molecule has 0 aromatic carbocycles. The van der Waals surface area contributed by atoms with Crippen LogP contribution in [0.3, 0.4) is 0 Å². The fourth-order valence-electron chi connectivity index (χ4n) is 0.136. The zero-order chi connectivity index (χ0) is 7.28. The summed E-state index contributed by atoms with van der Waals surface area (Å²) in [6.45, 7) is 3.07. The third-order valence-corrected chi connectivity index (χ3v) is 0.701. The van der Waals surface area contributed by atoms with Gasteiger partial charge in [-0.05, 0) is 6.08 Å². The van der Waals surface area contributed by atoms with Crippen molar-refractivity contribution in [2.75, 3.05) is 0 Å². The summed E-state index contributed by atoms with van der Waals surface area (Å²) in [6, 6.07) is 0. The lowest BCUT2D eigenvalue weighted by molar-refractivity contribution is -0.122. The number of amides is 1. The normalized spacial score (nSPS) is 12.1. The molecule has 9 heavy (non-hydrogen) atoms. The van der Waals surface area contributed by atoms with E-state index in [-0.39, 0.29) is 0 Å². The topological polar surface area (TPSA) is 75.6 Å². The van der Waals surface area contributed by atoms with E-state index in [1.165, 1.54) is 0 Å². The van der Waals surface area contributed by atoms with E-state index >= 15 is 0 Å². The molecule has 52 valence electrons. The molecule has 1 amide bonds. The number of nitrogens with one attached hydrogen (secondary N) is 1. The van der Waals surface area contributed by atoms with E-state index in [1.807, 2.05) is 0 Å². The van der Waals surface area contributed by atoms with Gasteiger partial charge in [0.1, 0.15) is 0 Å². The van der Waals surface area contributed by atoms with Gasteiger partial charge in [0.15, 0.2) is 0 Å². The highest BCUT2D eigenvalue weighted by atomic mass is 31.1. The van der Waals surface area contributed by atoms with Gasteiger partial charge in [0.2, 0.25) is 0 Å². The average Bonchev–Trinajstić information content (AvgIpc) is 1.83. The van der Waals surface area contributed by atoms with Gasteiger partial charge in [0, 0.05) is 0 Å². The van der Waals surface area contributed by atoms with Gasteiger partial charge in [-0.3, -0.25) is 9.36 Å². The Morgan fingerprint density at radius 3 is 2.78 bits per heavy atom. The smallest absolute Gasteiger partial charge is 0.325 e.